The molecule has 4 heterocycles. The summed E-state index contributed by atoms with van der Waals surface area (Å²) in [6.07, 6.45) is 4.70. The molecule has 1 aromatic heterocycles. The van der Waals surface area contributed by atoms with E-state index in [4.69, 9.17) is 4.74 Å². The normalized spacial score (nSPS) is 26.7. The van der Waals surface area contributed by atoms with Crippen LogP contribution in [0.5, 0.6) is 0 Å². The fourth-order valence-electron chi connectivity index (χ4n) is 4.83. The molecule has 0 N–H and O–H groups in total. The Morgan fingerprint density at radius 2 is 2.00 bits per heavy atom. The minimum atomic E-state index is 0.250. The summed E-state index contributed by atoms with van der Waals surface area (Å²) in [4.78, 5) is 18.1. The average molecular weight is 378 g/mol. The van der Waals surface area contributed by atoms with E-state index in [1.807, 2.05) is 11.8 Å². The third-order valence-electron chi connectivity index (χ3n) is 6.08. The second-order valence-corrected chi connectivity index (χ2v) is 8.98. The lowest BCUT2D eigenvalue weighted by Crippen LogP contribution is -2.48. The van der Waals surface area contributed by atoms with E-state index in [1.165, 1.54) is 30.8 Å². The number of rotatable bonds is 6. The van der Waals surface area contributed by atoms with E-state index in [-0.39, 0.29) is 5.56 Å². The molecule has 0 aliphatic carbocycles. The summed E-state index contributed by atoms with van der Waals surface area (Å²) < 4.78 is 7.53. The summed E-state index contributed by atoms with van der Waals surface area (Å²) in [6, 6.07) is 4.33. The quantitative estimate of drug-likeness (QED) is 0.708. The molecule has 2 atom stereocenters. The number of morpholine rings is 1. The highest BCUT2D eigenvalue weighted by Crippen LogP contribution is 2.35. The first-order valence-electron chi connectivity index (χ1n) is 9.98. The van der Waals surface area contributed by atoms with Crippen LogP contribution in [0, 0.1) is 5.92 Å². The summed E-state index contributed by atoms with van der Waals surface area (Å²) in [5, 5.41) is 0. The molecule has 5 nitrogen and oxygen atoms in total. The molecule has 0 aromatic carbocycles. The molecule has 26 heavy (non-hydrogen) atoms. The van der Waals surface area contributed by atoms with Gasteiger partial charge in [0.15, 0.2) is 0 Å². The van der Waals surface area contributed by atoms with Crippen LogP contribution in [-0.2, 0) is 17.8 Å². The van der Waals surface area contributed by atoms with E-state index in [2.05, 4.69) is 32.8 Å². The smallest absolute Gasteiger partial charge is 0.255 e. The van der Waals surface area contributed by atoms with Crippen molar-refractivity contribution in [3.8, 4) is 0 Å². The van der Waals surface area contributed by atoms with Crippen LogP contribution < -0.4 is 5.56 Å². The minimum absolute atomic E-state index is 0.250. The molecule has 3 aliphatic heterocycles. The molecule has 3 aliphatic rings. The van der Waals surface area contributed by atoms with Crippen LogP contribution in [0.15, 0.2) is 16.9 Å². The number of ether oxygens (including phenoxy) is 1. The second kappa shape index (κ2) is 8.46. The van der Waals surface area contributed by atoms with Gasteiger partial charge in [-0.25, -0.2) is 0 Å². The van der Waals surface area contributed by atoms with Crippen molar-refractivity contribution >= 4 is 11.8 Å². The lowest BCUT2D eigenvalue weighted by Gasteiger charge is -2.43. The van der Waals surface area contributed by atoms with E-state index in [0.29, 0.717) is 11.8 Å². The molecular weight excluding hydrogens is 346 g/mol. The summed E-state index contributed by atoms with van der Waals surface area (Å²) in [6.45, 7) is 8.56. The zero-order chi connectivity index (χ0) is 17.9. The van der Waals surface area contributed by atoms with Crippen molar-refractivity contribution in [3.05, 3.63) is 33.7 Å². The lowest BCUT2D eigenvalue weighted by atomic mass is 9.83. The molecule has 1 aromatic rings. The van der Waals surface area contributed by atoms with E-state index in [1.54, 1.807) is 0 Å². The molecule has 2 fully saturated rings. The van der Waals surface area contributed by atoms with Crippen molar-refractivity contribution < 1.29 is 4.74 Å². The predicted molar refractivity (Wildman–Crippen MR) is 107 cm³/mol. The van der Waals surface area contributed by atoms with Gasteiger partial charge in [0.25, 0.3) is 5.56 Å². The molecule has 0 unspecified atom stereocenters. The average Bonchev–Trinajstić information content (AvgIpc) is 2.65. The Morgan fingerprint density at radius 1 is 1.15 bits per heavy atom. The Bertz CT molecular complexity index is 672. The monoisotopic (exact) mass is 377 g/mol. The molecule has 0 spiro atoms. The maximum Gasteiger partial charge on any atom is 0.255 e. The van der Waals surface area contributed by atoms with Crippen LogP contribution in [0.2, 0.25) is 0 Å². The van der Waals surface area contributed by atoms with Gasteiger partial charge in [-0.2, -0.15) is 11.8 Å². The van der Waals surface area contributed by atoms with Gasteiger partial charge in [0.05, 0.1) is 13.2 Å². The van der Waals surface area contributed by atoms with Gasteiger partial charge in [0, 0.05) is 56.4 Å². The molecule has 4 rings (SSSR count). The number of fused-ring (bicyclic) bond motifs is 4. The van der Waals surface area contributed by atoms with Crippen LogP contribution in [0.1, 0.15) is 30.0 Å². The first kappa shape index (κ1) is 18.5. The zero-order valence-corrected chi connectivity index (χ0v) is 16.7. The van der Waals surface area contributed by atoms with Crippen LogP contribution in [0.3, 0.4) is 0 Å². The highest BCUT2D eigenvalue weighted by atomic mass is 32.2. The maximum absolute atomic E-state index is 13.1. The van der Waals surface area contributed by atoms with Crippen molar-refractivity contribution in [2.75, 3.05) is 57.9 Å². The van der Waals surface area contributed by atoms with Crippen molar-refractivity contribution in [1.29, 1.82) is 0 Å². The molecule has 2 bridgehead atoms. The van der Waals surface area contributed by atoms with Crippen molar-refractivity contribution in [2.45, 2.75) is 31.8 Å². The standard InChI is InChI=1S/C20H31N3O2S/c1-26-10-2-5-22-12-16-11-18(15-22)19-4-3-17(20(24)23(19)13-16)14-21-6-8-25-9-7-21/h3-4,16,18H,2,5-15H2,1H3/t16-,18+/m0/s1. The molecule has 6 heteroatoms. The molecule has 2 saturated heterocycles. The van der Waals surface area contributed by atoms with Crippen LogP contribution in [-0.4, -0.2) is 72.3 Å². The first-order valence-corrected chi connectivity index (χ1v) is 11.4. The van der Waals surface area contributed by atoms with E-state index >= 15 is 0 Å². The van der Waals surface area contributed by atoms with Crippen LogP contribution in [0.4, 0.5) is 0 Å². The number of likely N-dealkylation sites (tertiary alicyclic amines) is 1. The van der Waals surface area contributed by atoms with Gasteiger partial charge >= 0.3 is 0 Å². The fraction of sp³-hybridized carbons (Fsp3) is 0.750. The molecule has 0 saturated carbocycles. The van der Waals surface area contributed by atoms with Crippen LogP contribution >= 0.6 is 11.8 Å². The van der Waals surface area contributed by atoms with Gasteiger partial charge in [-0.1, -0.05) is 6.07 Å². The Kier molecular flexibility index (Phi) is 6.03. The van der Waals surface area contributed by atoms with E-state index < -0.39 is 0 Å². The van der Waals surface area contributed by atoms with Crippen molar-refractivity contribution in [3.63, 3.8) is 0 Å². The van der Waals surface area contributed by atoms with Gasteiger partial charge in [-0.3, -0.25) is 9.69 Å². The van der Waals surface area contributed by atoms with Gasteiger partial charge in [0.1, 0.15) is 0 Å². The SMILES string of the molecule is CSCCCN1C[C@@H]2C[C@H](C1)c1ccc(CN3CCOCC3)c(=O)n1C2. The first-order chi connectivity index (χ1) is 12.7. The highest BCUT2D eigenvalue weighted by molar-refractivity contribution is 7.98. The number of aromatic nitrogens is 1. The largest absolute Gasteiger partial charge is 0.379 e. The zero-order valence-electron chi connectivity index (χ0n) is 15.9. The van der Waals surface area contributed by atoms with Crippen molar-refractivity contribution in [1.82, 2.24) is 14.4 Å². The Balaban J connectivity index is 1.48. The number of hydrogen-bond donors (Lipinski definition) is 0. The Morgan fingerprint density at radius 3 is 2.81 bits per heavy atom. The van der Waals surface area contributed by atoms with Crippen LogP contribution in [0.25, 0.3) is 0 Å². The fourth-order valence-corrected chi connectivity index (χ4v) is 5.24. The lowest BCUT2D eigenvalue weighted by molar-refractivity contribution is 0.0338. The Labute approximate surface area is 160 Å². The number of piperidine rings is 1. The maximum atomic E-state index is 13.1. The van der Waals surface area contributed by atoms with Gasteiger partial charge < -0.3 is 14.2 Å². The summed E-state index contributed by atoms with van der Waals surface area (Å²) in [7, 11) is 0. The number of pyridine rings is 1. The second-order valence-electron chi connectivity index (χ2n) is 7.99. The van der Waals surface area contributed by atoms with Gasteiger partial charge in [-0.05, 0) is 43.4 Å². The highest BCUT2D eigenvalue weighted by Gasteiger charge is 2.34. The number of hydrogen-bond acceptors (Lipinski definition) is 5. The molecule has 0 radical (unpaired) electrons. The summed E-state index contributed by atoms with van der Waals surface area (Å²) >= 11 is 1.93. The van der Waals surface area contributed by atoms with Crippen molar-refractivity contribution in [2.24, 2.45) is 5.92 Å². The topological polar surface area (TPSA) is 37.7 Å². The molecule has 144 valence electrons. The summed E-state index contributed by atoms with van der Waals surface area (Å²) in [5.74, 6) is 2.40. The Hall–Kier alpha value is -0.820. The van der Waals surface area contributed by atoms with Gasteiger partial charge in [0.2, 0.25) is 0 Å². The van der Waals surface area contributed by atoms with Gasteiger partial charge in [-0.15, -0.1) is 0 Å². The minimum Gasteiger partial charge on any atom is -0.379 e. The molecular formula is C20H31N3O2S. The van der Waals surface area contributed by atoms with E-state index in [9.17, 15) is 4.79 Å². The number of nitrogens with zero attached hydrogens (tertiary/aromatic N) is 3. The molecule has 0 amide bonds. The third kappa shape index (κ3) is 4.03. The van der Waals surface area contributed by atoms with E-state index in [0.717, 1.165) is 58.0 Å². The predicted octanol–water partition coefficient (Wildman–Crippen LogP) is 1.85. The third-order valence-corrected chi connectivity index (χ3v) is 6.78. The number of thioether (sulfide) groups is 1. The summed E-state index contributed by atoms with van der Waals surface area (Å²) in [5.41, 5.74) is 2.47.